The average molecular weight is 454 g/mol. The smallest absolute Gasteiger partial charge is 0.387 e. The SMILES string of the molecule is C=CCN=c1scc(-c2ccc(OC(F)F)cc2)n1N=Cc1ccc(Cl)cc1Cl. The van der Waals surface area contributed by atoms with E-state index in [0.717, 1.165) is 11.3 Å². The van der Waals surface area contributed by atoms with E-state index in [1.165, 1.54) is 23.5 Å². The van der Waals surface area contributed by atoms with Crippen molar-refractivity contribution in [3.8, 4) is 17.0 Å². The second kappa shape index (κ2) is 9.82. The molecule has 0 amide bonds. The average Bonchev–Trinajstić information content (AvgIpc) is 3.08. The van der Waals surface area contributed by atoms with Gasteiger partial charge in [0.1, 0.15) is 5.75 Å². The lowest BCUT2D eigenvalue weighted by Gasteiger charge is -2.07. The maximum Gasteiger partial charge on any atom is 0.387 e. The fourth-order valence-corrected chi connectivity index (χ4v) is 3.70. The van der Waals surface area contributed by atoms with Crippen LogP contribution in [0.25, 0.3) is 11.3 Å². The second-order valence-corrected chi connectivity index (χ2v) is 7.34. The first-order valence-corrected chi connectivity index (χ1v) is 9.98. The van der Waals surface area contributed by atoms with Gasteiger partial charge in [0.25, 0.3) is 0 Å². The van der Waals surface area contributed by atoms with Gasteiger partial charge < -0.3 is 4.74 Å². The molecule has 0 atom stereocenters. The molecule has 3 rings (SSSR count). The Labute approximate surface area is 180 Å². The van der Waals surface area contributed by atoms with Gasteiger partial charge in [0.15, 0.2) is 0 Å². The molecule has 0 saturated carbocycles. The standard InChI is InChI=1S/C20H15Cl2F2N3OS/c1-2-9-25-20-27(26-11-14-3-6-15(21)10-17(14)22)18(12-29-20)13-4-7-16(8-5-13)28-19(23)24/h2-8,10-12,19H,1,9H2. The zero-order chi connectivity index (χ0) is 20.8. The van der Waals surface area contributed by atoms with Gasteiger partial charge in [-0.3, -0.25) is 4.99 Å². The number of rotatable bonds is 7. The number of aromatic nitrogens is 1. The summed E-state index contributed by atoms with van der Waals surface area (Å²) in [5, 5.41) is 7.40. The Kier molecular flexibility index (Phi) is 7.19. The summed E-state index contributed by atoms with van der Waals surface area (Å²) in [5.41, 5.74) is 2.20. The first-order chi connectivity index (χ1) is 14.0. The highest BCUT2D eigenvalue weighted by molar-refractivity contribution is 7.07. The monoisotopic (exact) mass is 453 g/mol. The minimum Gasteiger partial charge on any atom is -0.435 e. The zero-order valence-corrected chi connectivity index (χ0v) is 17.3. The third kappa shape index (κ3) is 5.53. The molecule has 0 spiro atoms. The highest BCUT2D eigenvalue weighted by atomic mass is 35.5. The second-order valence-electron chi connectivity index (χ2n) is 5.66. The molecular formula is C20H15Cl2F2N3OS. The highest BCUT2D eigenvalue weighted by Crippen LogP contribution is 2.24. The maximum absolute atomic E-state index is 12.4. The first-order valence-electron chi connectivity index (χ1n) is 8.34. The van der Waals surface area contributed by atoms with Crippen LogP contribution in [0.3, 0.4) is 0 Å². The van der Waals surface area contributed by atoms with Gasteiger partial charge in [0.05, 0.1) is 23.5 Å². The molecule has 1 heterocycles. The van der Waals surface area contributed by atoms with Crippen LogP contribution in [0, 0.1) is 0 Å². The van der Waals surface area contributed by atoms with Gasteiger partial charge in [-0.2, -0.15) is 13.9 Å². The molecule has 0 fully saturated rings. The molecule has 0 bridgehead atoms. The maximum atomic E-state index is 12.4. The largest absolute Gasteiger partial charge is 0.435 e. The molecule has 3 aromatic rings. The van der Waals surface area contributed by atoms with Crippen LogP contribution in [0.15, 0.2) is 70.6 Å². The summed E-state index contributed by atoms with van der Waals surface area (Å²) >= 11 is 13.5. The summed E-state index contributed by atoms with van der Waals surface area (Å²) in [6.45, 7) is 1.23. The van der Waals surface area contributed by atoms with Crippen LogP contribution >= 0.6 is 34.5 Å². The fourth-order valence-electron chi connectivity index (χ4n) is 2.39. The Bertz CT molecular complexity index is 1090. The van der Waals surface area contributed by atoms with Crippen LogP contribution in [0.2, 0.25) is 10.0 Å². The number of ether oxygens (including phenoxy) is 1. The van der Waals surface area contributed by atoms with Gasteiger partial charge in [-0.05, 0) is 36.4 Å². The summed E-state index contributed by atoms with van der Waals surface area (Å²) in [6, 6.07) is 11.4. The van der Waals surface area contributed by atoms with Crippen molar-refractivity contribution in [2.24, 2.45) is 10.1 Å². The van der Waals surface area contributed by atoms with E-state index in [9.17, 15) is 8.78 Å². The summed E-state index contributed by atoms with van der Waals surface area (Å²) < 4.78 is 30.8. The molecule has 0 radical (unpaired) electrons. The van der Waals surface area contributed by atoms with Crippen LogP contribution in [0.1, 0.15) is 5.56 Å². The number of halogens is 4. The Balaban J connectivity index is 2.01. The Morgan fingerprint density at radius 1 is 1.17 bits per heavy atom. The molecule has 0 aliphatic carbocycles. The molecule has 0 aliphatic heterocycles. The predicted octanol–water partition coefficient (Wildman–Crippen LogP) is 6.09. The Morgan fingerprint density at radius 3 is 2.59 bits per heavy atom. The van der Waals surface area contributed by atoms with Gasteiger partial charge in [-0.15, -0.1) is 17.9 Å². The van der Waals surface area contributed by atoms with Crippen molar-refractivity contribution in [2.75, 3.05) is 6.54 Å². The number of benzene rings is 2. The molecule has 29 heavy (non-hydrogen) atoms. The molecule has 0 N–H and O–H groups in total. The van der Waals surface area contributed by atoms with Crippen molar-refractivity contribution in [1.29, 1.82) is 0 Å². The number of alkyl halides is 2. The third-order valence-electron chi connectivity index (χ3n) is 3.69. The topological polar surface area (TPSA) is 38.9 Å². The quantitative estimate of drug-likeness (QED) is 0.314. The van der Waals surface area contributed by atoms with E-state index in [2.05, 4.69) is 21.4 Å². The third-order valence-corrected chi connectivity index (χ3v) is 5.11. The summed E-state index contributed by atoms with van der Waals surface area (Å²) in [7, 11) is 0. The van der Waals surface area contributed by atoms with Crippen molar-refractivity contribution < 1.29 is 13.5 Å². The Morgan fingerprint density at radius 2 is 1.93 bits per heavy atom. The summed E-state index contributed by atoms with van der Waals surface area (Å²) in [5.74, 6) is 0.0820. The number of thiazole rings is 1. The molecule has 4 nitrogen and oxygen atoms in total. The van der Waals surface area contributed by atoms with E-state index < -0.39 is 6.61 Å². The molecular weight excluding hydrogens is 439 g/mol. The van der Waals surface area contributed by atoms with Gasteiger partial charge in [0.2, 0.25) is 4.80 Å². The van der Waals surface area contributed by atoms with E-state index in [1.807, 2.05) is 5.38 Å². The summed E-state index contributed by atoms with van der Waals surface area (Å²) in [6.07, 6.45) is 3.29. The van der Waals surface area contributed by atoms with Crippen LogP contribution in [0.5, 0.6) is 5.75 Å². The van der Waals surface area contributed by atoms with Gasteiger partial charge in [-0.1, -0.05) is 35.3 Å². The number of hydrogen-bond acceptors (Lipinski definition) is 4. The van der Waals surface area contributed by atoms with Gasteiger partial charge >= 0.3 is 6.61 Å². The molecule has 150 valence electrons. The van der Waals surface area contributed by atoms with Crippen LogP contribution < -0.4 is 9.54 Å². The van der Waals surface area contributed by atoms with E-state index in [0.29, 0.717) is 27.0 Å². The van der Waals surface area contributed by atoms with E-state index >= 15 is 0 Å². The van der Waals surface area contributed by atoms with Crippen molar-refractivity contribution in [3.63, 3.8) is 0 Å². The van der Waals surface area contributed by atoms with Crippen LogP contribution in [0.4, 0.5) is 8.78 Å². The van der Waals surface area contributed by atoms with E-state index in [-0.39, 0.29) is 5.75 Å². The normalized spacial score (nSPS) is 12.1. The number of hydrogen-bond donors (Lipinski definition) is 0. The predicted molar refractivity (Wildman–Crippen MR) is 114 cm³/mol. The molecule has 0 aliphatic rings. The van der Waals surface area contributed by atoms with E-state index in [4.69, 9.17) is 23.2 Å². The van der Waals surface area contributed by atoms with Crippen molar-refractivity contribution in [3.05, 3.63) is 80.9 Å². The van der Waals surface area contributed by atoms with Gasteiger partial charge in [0, 0.05) is 21.5 Å². The molecule has 0 unspecified atom stereocenters. The van der Waals surface area contributed by atoms with Gasteiger partial charge in [-0.25, -0.2) is 4.68 Å². The van der Waals surface area contributed by atoms with Crippen molar-refractivity contribution in [2.45, 2.75) is 6.61 Å². The Hall–Kier alpha value is -2.48. The molecule has 1 aromatic heterocycles. The lowest BCUT2D eigenvalue weighted by Crippen LogP contribution is -2.12. The van der Waals surface area contributed by atoms with Crippen molar-refractivity contribution in [1.82, 2.24) is 4.68 Å². The van der Waals surface area contributed by atoms with Crippen LogP contribution in [-0.4, -0.2) is 24.0 Å². The molecule has 9 heteroatoms. The van der Waals surface area contributed by atoms with E-state index in [1.54, 1.807) is 47.3 Å². The number of nitrogens with zero attached hydrogens (tertiary/aromatic N) is 3. The fraction of sp³-hybridized carbons (Fsp3) is 0.100. The molecule has 2 aromatic carbocycles. The summed E-state index contributed by atoms with van der Waals surface area (Å²) in [4.78, 5) is 5.10. The minimum atomic E-state index is -2.87. The lowest BCUT2D eigenvalue weighted by atomic mass is 10.2. The minimum absolute atomic E-state index is 0.0820. The first kappa shape index (κ1) is 21.2. The highest BCUT2D eigenvalue weighted by Gasteiger charge is 2.09. The van der Waals surface area contributed by atoms with Crippen molar-refractivity contribution >= 4 is 40.8 Å². The lowest BCUT2D eigenvalue weighted by molar-refractivity contribution is -0.0498. The van der Waals surface area contributed by atoms with Crippen LogP contribution in [-0.2, 0) is 0 Å². The molecule has 0 saturated heterocycles. The zero-order valence-electron chi connectivity index (χ0n) is 14.9.